The van der Waals surface area contributed by atoms with Crippen LogP contribution < -0.4 is 15.1 Å². The van der Waals surface area contributed by atoms with Crippen molar-refractivity contribution in [2.24, 2.45) is 0 Å². The van der Waals surface area contributed by atoms with Crippen LogP contribution in [0.3, 0.4) is 0 Å². The van der Waals surface area contributed by atoms with E-state index in [2.05, 4.69) is 15.4 Å². The fraction of sp³-hybridized carbons (Fsp3) is 0.562. The molecule has 2 aliphatic rings. The van der Waals surface area contributed by atoms with Crippen molar-refractivity contribution >= 4 is 29.5 Å². The van der Waals surface area contributed by atoms with Crippen LogP contribution >= 0.6 is 23.6 Å². The largest absolute Gasteiger partial charge is 0.348 e. The number of aromatic amines is 1. The monoisotopic (exact) mass is 380 g/mol. The summed E-state index contributed by atoms with van der Waals surface area (Å²) < 4.78 is 2.57. The molecular weight excluding hydrogens is 356 g/mol. The maximum absolute atomic E-state index is 11.9. The maximum atomic E-state index is 11.9. The maximum Gasteiger partial charge on any atom is 0.275 e. The van der Waals surface area contributed by atoms with E-state index in [9.17, 15) is 4.79 Å². The van der Waals surface area contributed by atoms with E-state index >= 15 is 0 Å². The van der Waals surface area contributed by atoms with E-state index in [0.717, 1.165) is 56.4 Å². The van der Waals surface area contributed by atoms with E-state index in [1.807, 2.05) is 22.2 Å². The highest BCUT2D eigenvalue weighted by molar-refractivity contribution is 7.71. The van der Waals surface area contributed by atoms with E-state index < -0.39 is 0 Å². The van der Waals surface area contributed by atoms with Crippen LogP contribution in [-0.4, -0.2) is 59.4 Å². The number of hydrogen-bond acceptors (Lipinski definition) is 4. The summed E-state index contributed by atoms with van der Waals surface area (Å²) in [5.74, 6) is 1.05. The predicted molar refractivity (Wildman–Crippen MR) is 98.1 cm³/mol. The summed E-state index contributed by atoms with van der Waals surface area (Å²) in [5, 5.41) is 8.44. The lowest BCUT2D eigenvalue weighted by Crippen LogP contribution is -3.28. The van der Waals surface area contributed by atoms with E-state index in [4.69, 9.17) is 12.2 Å². The van der Waals surface area contributed by atoms with Crippen molar-refractivity contribution in [3.05, 3.63) is 22.3 Å². The minimum Gasteiger partial charge on any atom is -0.348 e. The van der Waals surface area contributed by atoms with Crippen molar-refractivity contribution in [1.82, 2.24) is 20.1 Å². The topological polar surface area (TPSA) is 71.6 Å². The number of amides is 1. The second kappa shape index (κ2) is 7.36. The molecule has 4 N–H and O–H groups in total. The third-order valence-corrected chi connectivity index (χ3v) is 6.02. The lowest BCUT2D eigenvalue weighted by atomic mass is 10.3. The fourth-order valence-corrected chi connectivity index (χ4v) is 4.10. The molecule has 1 amide bonds. The van der Waals surface area contributed by atoms with Crippen molar-refractivity contribution < 1.29 is 14.6 Å². The van der Waals surface area contributed by atoms with Gasteiger partial charge in [0.05, 0.1) is 4.88 Å². The Morgan fingerprint density at radius 1 is 1.36 bits per heavy atom. The van der Waals surface area contributed by atoms with Crippen LogP contribution in [-0.2, 0) is 11.5 Å². The first-order valence-electron chi connectivity index (χ1n) is 8.84. The number of rotatable bonds is 6. The van der Waals surface area contributed by atoms with Gasteiger partial charge in [-0.1, -0.05) is 6.07 Å². The number of thiophene rings is 1. The van der Waals surface area contributed by atoms with Crippen LogP contribution in [0.25, 0.3) is 10.7 Å². The summed E-state index contributed by atoms with van der Waals surface area (Å²) in [6, 6.07) is 4.52. The van der Waals surface area contributed by atoms with Gasteiger partial charge in [0.1, 0.15) is 26.2 Å². The van der Waals surface area contributed by atoms with Crippen LogP contribution in [0.4, 0.5) is 0 Å². The average Bonchev–Trinajstić information content (AvgIpc) is 3.09. The molecule has 7 nitrogen and oxygen atoms in total. The molecule has 9 heteroatoms. The van der Waals surface area contributed by atoms with Crippen molar-refractivity contribution in [3.8, 4) is 10.7 Å². The molecule has 1 saturated carbocycles. The highest BCUT2D eigenvalue weighted by Gasteiger charge is 2.28. The van der Waals surface area contributed by atoms with Crippen molar-refractivity contribution in [2.45, 2.75) is 25.6 Å². The summed E-state index contributed by atoms with van der Waals surface area (Å²) in [4.78, 5) is 20.4. The van der Waals surface area contributed by atoms with Gasteiger partial charge in [-0.15, -0.1) is 11.3 Å². The molecule has 2 aromatic heterocycles. The summed E-state index contributed by atoms with van der Waals surface area (Å²) >= 11 is 7.05. The number of carbonyl (C=O) groups excluding carboxylic acids is 1. The van der Waals surface area contributed by atoms with Crippen LogP contribution in [0.1, 0.15) is 12.8 Å². The molecule has 2 fully saturated rings. The summed E-state index contributed by atoms with van der Waals surface area (Å²) in [6.45, 7) is 5.54. The Labute approximate surface area is 155 Å². The molecular formula is C16H24N6OS2+2. The van der Waals surface area contributed by atoms with Crippen LogP contribution in [0.2, 0.25) is 0 Å². The second-order valence-electron chi connectivity index (χ2n) is 6.94. The summed E-state index contributed by atoms with van der Waals surface area (Å²) in [7, 11) is 0. The molecule has 0 bridgehead atoms. The molecule has 4 rings (SSSR count). The van der Waals surface area contributed by atoms with Gasteiger partial charge >= 0.3 is 0 Å². The van der Waals surface area contributed by atoms with Gasteiger partial charge in [-0.2, -0.15) is 4.98 Å². The third-order valence-electron chi connectivity index (χ3n) is 4.83. The predicted octanol–water partition coefficient (Wildman–Crippen LogP) is -1.31. The first-order valence-corrected chi connectivity index (χ1v) is 10.1. The smallest absolute Gasteiger partial charge is 0.275 e. The Morgan fingerprint density at radius 3 is 2.80 bits per heavy atom. The highest BCUT2D eigenvalue weighted by Crippen LogP contribution is 2.20. The molecule has 3 heterocycles. The number of nitrogens with one attached hydrogen (secondary N) is 4. The third kappa shape index (κ3) is 4.35. The zero-order valence-corrected chi connectivity index (χ0v) is 15.7. The Bertz CT molecular complexity index is 771. The van der Waals surface area contributed by atoms with Gasteiger partial charge in [-0.3, -0.25) is 9.89 Å². The first kappa shape index (κ1) is 16.9. The number of nitrogens with zero attached hydrogens (tertiary/aromatic N) is 2. The number of aromatic nitrogens is 3. The SMILES string of the molecule is O=C(C[NH+]1CC[NH+](Cn2[nH]c(-c3cccs3)nc2=S)CC1)NC1CC1. The van der Waals surface area contributed by atoms with E-state index in [0.29, 0.717) is 17.4 Å². The average molecular weight is 381 g/mol. The molecule has 1 aliphatic carbocycles. The lowest BCUT2D eigenvalue weighted by Gasteiger charge is -2.29. The Morgan fingerprint density at radius 2 is 2.12 bits per heavy atom. The van der Waals surface area contributed by atoms with Gasteiger partial charge in [0.15, 0.2) is 19.0 Å². The van der Waals surface area contributed by atoms with Crippen LogP contribution in [0.5, 0.6) is 0 Å². The number of H-pyrrole nitrogens is 1. The second-order valence-corrected chi connectivity index (χ2v) is 8.25. The quantitative estimate of drug-likeness (QED) is 0.470. The number of hydrogen-bond donors (Lipinski definition) is 4. The van der Waals surface area contributed by atoms with Crippen molar-refractivity contribution in [3.63, 3.8) is 0 Å². The van der Waals surface area contributed by atoms with Crippen LogP contribution in [0.15, 0.2) is 17.5 Å². The zero-order chi connectivity index (χ0) is 17.2. The molecule has 0 aromatic carbocycles. The number of carbonyl (C=O) groups is 1. The molecule has 0 unspecified atom stereocenters. The minimum absolute atomic E-state index is 0.206. The molecule has 2 aromatic rings. The van der Waals surface area contributed by atoms with Crippen molar-refractivity contribution in [1.29, 1.82) is 0 Å². The van der Waals surface area contributed by atoms with Gasteiger partial charge < -0.3 is 15.1 Å². The molecule has 134 valence electrons. The number of quaternary nitrogens is 2. The molecule has 1 saturated heterocycles. The zero-order valence-electron chi connectivity index (χ0n) is 14.1. The Hall–Kier alpha value is -1.55. The minimum atomic E-state index is 0.206. The van der Waals surface area contributed by atoms with Crippen LogP contribution in [0, 0.1) is 4.77 Å². The highest BCUT2D eigenvalue weighted by atomic mass is 32.1. The molecule has 0 radical (unpaired) electrons. The van der Waals surface area contributed by atoms with E-state index in [1.54, 1.807) is 11.3 Å². The first-order chi connectivity index (χ1) is 12.2. The molecule has 0 spiro atoms. The normalized spacial score (nSPS) is 23.5. The number of piperazine rings is 1. The summed E-state index contributed by atoms with van der Waals surface area (Å²) in [6.07, 6.45) is 2.30. The molecule has 1 aliphatic heterocycles. The molecule has 0 atom stereocenters. The lowest BCUT2D eigenvalue weighted by molar-refractivity contribution is -1.02. The van der Waals surface area contributed by atoms with Gasteiger partial charge in [-0.25, -0.2) is 4.68 Å². The van der Waals surface area contributed by atoms with Gasteiger partial charge in [0.2, 0.25) is 4.77 Å². The van der Waals surface area contributed by atoms with E-state index in [1.165, 1.54) is 9.80 Å². The molecule has 25 heavy (non-hydrogen) atoms. The van der Waals surface area contributed by atoms with E-state index in [-0.39, 0.29) is 5.91 Å². The Kier molecular flexibility index (Phi) is 4.98. The van der Waals surface area contributed by atoms with Gasteiger partial charge in [0.25, 0.3) is 5.91 Å². The van der Waals surface area contributed by atoms with Gasteiger partial charge in [0, 0.05) is 6.04 Å². The Balaban J connectivity index is 1.28. The summed E-state index contributed by atoms with van der Waals surface area (Å²) in [5.41, 5.74) is 0. The van der Waals surface area contributed by atoms with Gasteiger partial charge in [-0.05, 0) is 36.5 Å². The fourth-order valence-electron chi connectivity index (χ4n) is 3.24. The standard InChI is InChI=1S/C16H22N6OS2/c23-14(17-12-3-4-12)10-20-5-7-21(8-6-20)11-22-16(24)18-15(19-22)13-2-1-9-25-13/h1-2,9,12H,3-8,10-11H2,(H,17,23)(H,18,19,24)/p+2. The van der Waals surface area contributed by atoms with Crippen molar-refractivity contribution in [2.75, 3.05) is 32.7 Å².